The van der Waals surface area contributed by atoms with E-state index in [1.54, 1.807) is 18.2 Å². The van der Waals surface area contributed by atoms with Crippen molar-refractivity contribution in [2.45, 2.75) is 13.0 Å². The average Bonchev–Trinajstić information content (AvgIpc) is 3.17. The molecular formula is C22H20N2O3. The minimum Gasteiger partial charge on any atom is -0.454 e. The Morgan fingerprint density at radius 3 is 2.30 bits per heavy atom. The van der Waals surface area contributed by atoms with Crippen LogP contribution in [0.4, 0.5) is 11.4 Å². The Morgan fingerprint density at radius 1 is 0.852 bits per heavy atom. The van der Waals surface area contributed by atoms with Crippen molar-refractivity contribution in [2.75, 3.05) is 17.4 Å². The molecular weight excluding hydrogens is 340 g/mol. The average molecular weight is 360 g/mol. The van der Waals surface area contributed by atoms with E-state index in [4.69, 9.17) is 9.47 Å². The van der Waals surface area contributed by atoms with E-state index in [2.05, 4.69) is 22.8 Å². The van der Waals surface area contributed by atoms with Gasteiger partial charge in [-0.15, -0.1) is 0 Å². The minimum atomic E-state index is -0.391. The molecule has 0 fully saturated rings. The Kier molecular flexibility index (Phi) is 4.66. The van der Waals surface area contributed by atoms with Gasteiger partial charge < -0.3 is 20.1 Å². The van der Waals surface area contributed by atoms with Gasteiger partial charge in [0.25, 0.3) is 0 Å². The molecule has 1 heterocycles. The zero-order valence-electron chi connectivity index (χ0n) is 14.9. The Hall–Kier alpha value is -3.47. The fraction of sp³-hybridized carbons (Fsp3) is 0.136. The Bertz CT molecular complexity index is 940. The van der Waals surface area contributed by atoms with Crippen LogP contribution < -0.4 is 20.1 Å². The Morgan fingerprint density at radius 2 is 1.52 bits per heavy atom. The van der Waals surface area contributed by atoms with E-state index in [9.17, 15) is 4.79 Å². The summed E-state index contributed by atoms with van der Waals surface area (Å²) in [5.74, 6) is 1.21. The smallest absolute Gasteiger partial charge is 0.246 e. The monoisotopic (exact) mass is 360 g/mol. The lowest BCUT2D eigenvalue weighted by Gasteiger charge is -2.16. The quantitative estimate of drug-likeness (QED) is 0.702. The number of carbonyl (C=O) groups is 1. The van der Waals surface area contributed by atoms with E-state index >= 15 is 0 Å². The molecule has 2 N–H and O–H groups in total. The number of fused-ring (bicyclic) bond motifs is 1. The van der Waals surface area contributed by atoms with Gasteiger partial charge in [-0.1, -0.05) is 42.5 Å². The van der Waals surface area contributed by atoms with Crippen LogP contribution in [0, 0.1) is 0 Å². The van der Waals surface area contributed by atoms with E-state index in [0.717, 1.165) is 16.8 Å². The van der Waals surface area contributed by atoms with Crippen LogP contribution in [0.15, 0.2) is 72.8 Å². The molecule has 5 nitrogen and oxygen atoms in total. The number of ether oxygens (including phenoxy) is 2. The molecule has 136 valence electrons. The van der Waals surface area contributed by atoms with Crippen molar-refractivity contribution in [3.63, 3.8) is 0 Å². The third kappa shape index (κ3) is 3.87. The standard InChI is InChI=1S/C22H20N2O3/c1-15(22(25)24-19-11-12-20-21(13-19)27-14-26-20)23-18-9-7-17(8-10-18)16-5-3-2-4-6-16/h2-13,15,23H,14H2,1H3,(H,24,25)/t15-/m1/s1. The van der Waals surface area contributed by atoms with Gasteiger partial charge in [-0.2, -0.15) is 0 Å². The molecule has 3 aromatic rings. The Balaban J connectivity index is 1.38. The summed E-state index contributed by atoms with van der Waals surface area (Å²) in [4.78, 5) is 12.5. The highest BCUT2D eigenvalue weighted by Gasteiger charge is 2.16. The van der Waals surface area contributed by atoms with Crippen molar-refractivity contribution in [1.29, 1.82) is 0 Å². The molecule has 0 unspecified atom stereocenters. The van der Waals surface area contributed by atoms with Gasteiger partial charge in [-0.05, 0) is 42.3 Å². The van der Waals surface area contributed by atoms with Crippen LogP contribution in [0.1, 0.15) is 6.92 Å². The molecule has 0 saturated heterocycles. The fourth-order valence-electron chi connectivity index (χ4n) is 2.93. The number of benzene rings is 3. The number of hydrogen-bond donors (Lipinski definition) is 2. The molecule has 4 rings (SSSR count). The highest BCUT2D eigenvalue weighted by Crippen LogP contribution is 2.34. The SMILES string of the molecule is C[C@@H](Nc1ccc(-c2ccccc2)cc1)C(=O)Nc1ccc2c(c1)OCO2. The predicted octanol–water partition coefficient (Wildman–Crippen LogP) is 4.52. The third-order valence-electron chi connectivity index (χ3n) is 4.41. The summed E-state index contributed by atoms with van der Waals surface area (Å²) in [5.41, 5.74) is 3.87. The molecule has 1 amide bonds. The second-order valence-corrected chi connectivity index (χ2v) is 6.37. The van der Waals surface area contributed by atoms with E-state index < -0.39 is 6.04 Å². The third-order valence-corrected chi connectivity index (χ3v) is 4.41. The summed E-state index contributed by atoms with van der Waals surface area (Å²) >= 11 is 0. The van der Waals surface area contributed by atoms with Crippen molar-refractivity contribution in [3.8, 4) is 22.6 Å². The predicted molar refractivity (Wildman–Crippen MR) is 106 cm³/mol. The van der Waals surface area contributed by atoms with Gasteiger partial charge in [-0.25, -0.2) is 0 Å². The zero-order valence-corrected chi connectivity index (χ0v) is 14.9. The van der Waals surface area contributed by atoms with Crippen LogP contribution in [0.5, 0.6) is 11.5 Å². The normalized spacial score (nSPS) is 13.1. The molecule has 0 radical (unpaired) electrons. The summed E-state index contributed by atoms with van der Waals surface area (Å²) in [7, 11) is 0. The summed E-state index contributed by atoms with van der Waals surface area (Å²) in [6.07, 6.45) is 0. The van der Waals surface area contributed by atoms with E-state index in [-0.39, 0.29) is 12.7 Å². The van der Waals surface area contributed by atoms with Crippen LogP contribution in [0.25, 0.3) is 11.1 Å². The van der Waals surface area contributed by atoms with E-state index in [1.165, 1.54) is 0 Å². The molecule has 0 aliphatic carbocycles. The largest absolute Gasteiger partial charge is 0.454 e. The van der Waals surface area contributed by atoms with Crippen LogP contribution >= 0.6 is 0 Å². The first-order chi connectivity index (χ1) is 13.2. The summed E-state index contributed by atoms with van der Waals surface area (Å²) in [6, 6.07) is 23.2. The molecule has 1 aliphatic heterocycles. The van der Waals surface area contributed by atoms with Crippen molar-refractivity contribution < 1.29 is 14.3 Å². The van der Waals surface area contributed by atoms with Crippen LogP contribution in [-0.4, -0.2) is 18.7 Å². The number of rotatable bonds is 5. The highest BCUT2D eigenvalue weighted by atomic mass is 16.7. The lowest BCUT2D eigenvalue weighted by Crippen LogP contribution is -2.31. The van der Waals surface area contributed by atoms with Gasteiger partial charge in [0.05, 0.1) is 0 Å². The maximum absolute atomic E-state index is 12.5. The first kappa shape index (κ1) is 17.0. The van der Waals surface area contributed by atoms with Gasteiger partial charge in [0.2, 0.25) is 12.7 Å². The van der Waals surface area contributed by atoms with Gasteiger partial charge in [0.1, 0.15) is 6.04 Å². The second-order valence-electron chi connectivity index (χ2n) is 6.37. The topological polar surface area (TPSA) is 59.6 Å². The molecule has 3 aromatic carbocycles. The second kappa shape index (κ2) is 7.41. The lowest BCUT2D eigenvalue weighted by atomic mass is 10.1. The Labute approximate surface area is 157 Å². The van der Waals surface area contributed by atoms with Gasteiger partial charge >= 0.3 is 0 Å². The molecule has 5 heteroatoms. The van der Waals surface area contributed by atoms with Crippen molar-refractivity contribution >= 4 is 17.3 Å². The first-order valence-corrected chi connectivity index (χ1v) is 8.81. The van der Waals surface area contributed by atoms with Crippen molar-refractivity contribution in [2.24, 2.45) is 0 Å². The fourth-order valence-corrected chi connectivity index (χ4v) is 2.93. The lowest BCUT2D eigenvalue weighted by molar-refractivity contribution is -0.116. The van der Waals surface area contributed by atoms with Crippen LogP contribution in [0.2, 0.25) is 0 Å². The van der Waals surface area contributed by atoms with Gasteiger partial charge in [-0.3, -0.25) is 4.79 Å². The molecule has 0 bridgehead atoms. The van der Waals surface area contributed by atoms with Gasteiger partial charge in [0, 0.05) is 17.4 Å². The number of amides is 1. The molecule has 1 aliphatic rings. The highest BCUT2D eigenvalue weighted by molar-refractivity contribution is 5.96. The molecule has 0 spiro atoms. The number of nitrogens with one attached hydrogen (secondary N) is 2. The molecule has 0 aromatic heterocycles. The van der Waals surface area contributed by atoms with Crippen LogP contribution in [0.3, 0.4) is 0 Å². The molecule has 27 heavy (non-hydrogen) atoms. The summed E-state index contributed by atoms with van der Waals surface area (Å²) < 4.78 is 10.6. The van der Waals surface area contributed by atoms with E-state index in [1.807, 2.05) is 49.4 Å². The maximum atomic E-state index is 12.5. The number of carbonyl (C=O) groups excluding carboxylic acids is 1. The maximum Gasteiger partial charge on any atom is 0.246 e. The summed E-state index contributed by atoms with van der Waals surface area (Å²) in [6.45, 7) is 2.04. The molecule has 1 atom stereocenters. The first-order valence-electron chi connectivity index (χ1n) is 8.81. The van der Waals surface area contributed by atoms with Gasteiger partial charge in [0.15, 0.2) is 11.5 Å². The molecule has 0 saturated carbocycles. The zero-order chi connectivity index (χ0) is 18.6. The number of hydrogen-bond acceptors (Lipinski definition) is 4. The van der Waals surface area contributed by atoms with Crippen molar-refractivity contribution in [3.05, 3.63) is 72.8 Å². The van der Waals surface area contributed by atoms with E-state index in [0.29, 0.717) is 17.2 Å². The van der Waals surface area contributed by atoms with Crippen molar-refractivity contribution in [1.82, 2.24) is 0 Å². The number of anilines is 2. The summed E-state index contributed by atoms with van der Waals surface area (Å²) in [5, 5.41) is 6.12. The minimum absolute atomic E-state index is 0.124. The van der Waals surface area contributed by atoms with Crippen LogP contribution in [-0.2, 0) is 4.79 Å².